The summed E-state index contributed by atoms with van der Waals surface area (Å²) < 4.78 is 0. The molecular weight excluding hydrogens is 2170 g/mol. The summed E-state index contributed by atoms with van der Waals surface area (Å²) in [5.41, 5.74) is 27.8. The minimum atomic E-state index is 0. The van der Waals surface area contributed by atoms with E-state index in [1.807, 2.05) is 333 Å². The molecule has 5 radical (unpaired) electrons. The molecule has 20 aromatic heterocycles. The molecule has 0 bridgehead atoms. The maximum absolute atomic E-state index is 4.46. The van der Waals surface area contributed by atoms with Gasteiger partial charge in [0.1, 0.15) is 0 Å². The van der Waals surface area contributed by atoms with Crippen LogP contribution in [0.4, 0.5) is 0 Å². The van der Waals surface area contributed by atoms with Crippen LogP contribution in [0.2, 0.25) is 0 Å². The van der Waals surface area contributed by atoms with Gasteiger partial charge in [0.05, 0.1) is 5.69 Å². The molecule has 0 aliphatic heterocycles. The van der Waals surface area contributed by atoms with Crippen LogP contribution in [0.25, 0.3) is 168 Å². The van der Waals surface area contributed by atoms with Crippen LogP contribution in [-0.2, 0) is 164 Å². The Morgan fingerprint density at radius 3 is 0.807 bits per heavy atom. The van der Waals surface area contributed by atoms with Crippen molar-refractivity contribution in [1.29, 1.82) is 0 Å². The quantitative estimate of drug-likeness (QED) is 0.0864. The van der Waals surface area contributed by atoms with Crippen LogP contribution >= 0.6 is 0 Å². The molecule has 725 valence electrons. The average molecular weight is 2290 g/mol. The Kier molecular flexibility index (Phi) is 73.2. The summed E-state index contributed by atoms with van der Waals surface area (Å²) in [4.78, 5) is 84.1. The molecule has 0 saturated carbocycles. The number of nitrogens with zero attached hydrogens (tertiary/aromatic N) is 20. The van der Waals surface area contributed by atoms with Crippen molar-refractivity contribution in [3.8, 4) is 168 Å². The Morgan fingerprint density at radius 1 is 0.172 bits per heavy atom. The van der Waals surface area contributed by atoms with E-state index in [1.54, 1.807) is 174 Å². The van der Waals surface area contributed by atoms with E-state index in [-0.39, 0.29) is 164 Å². The van der Waals surface area contributed by atoms with Crippen LogP contribution in [-0.4, -0.2) is 99.7 Å². The molecule has 0 aliphatic rings. The maximum Gasteiger partial charge on any atom is 0.0753 e. The summed E-state index contributed by atoms with van der Waals surface area (Å²) in [6, 6.07) is 75.5. The third-order valence-corrected chi connectivity index (χ3v) is 18.4. The second-order valence-corrected chi connectivity index (χ2v) is 25.7. The molecule has 0 amide bonds. The van der Waals surface area contributed by atoms with Gasteiger partial charge in [0, 0.05) is 286 Å². The number of hydrogen-bond donors (Lipinski definition) is 0. The monoisotopic (exact) mass is 2290 g/mol. The summed E-state index contributed by atoms with van der Waals surface area (Å²) in [7, 11) is 0. The van der Waals surface area contributed by atoms with Crippen molar-refractivity contribution in [1.82, 2.24) is 99.7 Å². The molecule has 0 aliphatic carbocycles. The topological polar surface area (TPSA) is 258 Å². The minimum absolute atomic E-state index is 0. The molecule has 25 heteroatoms. The van der Waals surface area contributed by atoms with Crippen molar-refractivity contribution in [3.05, 3.63) is 429 Å². The van der Waals surface area contributed by atoms with E-state index < -0.39 is 0 Å². The van der Waals surface area contributed by atoms with Gasteiger partial charge in [0.25, 0.3) is 0 Å². The Labute approximate surface area is 986 Å². The first-order valence-electron chi connectivity index (χ1n) is 47.4. The van der Waals surface area contributed by atoms with Crippen LogP contribution in [0.3, 0.4) is 0 Å². The van der Waals surface area contributed by atoms with E-state index in [0.29, 0.717) is 11.4 Å². The van der Waals surface area contributed by atoms with Gasteiger partial charge in [-0.2, -0.15) is 57.6 Å². The predicted octanol–water partition coefficient (Wildman–Crippen LogP) is 29.6. The van der Waals surface area contributed by atoms with Crippen molar-refractivity contribution in [2.24, 2.45) is 0 Å². The van der Waals surface area contributed by atoms with Gasteiger partial charge in [-0.05, 0) is 140 Å². The SMILES string of the molecule is CC.CC.CC.CC.CC.CC.CC.CC.CC.CC.[Y].[Y].[Y].[Y].[Y].[c-]1c(-c2[c-]nccc2-c2ccncc2)ccnc1-c1ccccn1.[c-]1c(-c2ccncc2)ccnc1-c1[c-]nccc1-c1ccncc1.[c-]1cnc(-c2ccccn2)cc1-c1[c-]nccc1-c1ccncc1.[c-]1nccc(-c2ccncc2)c1-c1[c-]cncc1-c1ccccn1.[c-]1nccc(-c2ccncc2)c1-c1[c-]nccc1-c1ccncc1. The zero-order valence-electron chi connectivity index (χ0n) is 86.5. The molecule has 20 heterocycles. The molecule has 0 saturated heterocycles. The third kappa shape index (κ3) is 40.7. The summed E-state index contributed by atoms with van der Waals surface area (Å²) in [6.07, 6.45) is 67.7. The first-order valence-corrected chi connectivity index (χ1v) is 47.4. The van der Waals surface area contributed by atoms with Crippen molar-refractivity contribution in [2.45, 2.75) is 138 Å². The van der Waals surface area contributed by atoms with Crippen LogP contribution in [0.15, 0.2) is 368 Å². The number of aromatic nitrogens is 20. The predicted molar refractivity (Wildman–Crippen MR) is 571 cm³/mol. The molecule has 0 unspecified atom stereocenters. The first-order chi connectivity index (χ1) is 69.6. The molecular formula is C120H120N20Y5-10. The van der Waals surface area contributed by atoms with Crippen molar-refractivity contribution in [3.63, 3.8) is 0 Å². The van der Waals surface area contributed by atoms with Gasteiger partial charge in [0.2, 0.25) is 0 Å². The number of hydrogen-bond acceptors (Lipinski definition) is 20. The molecule has 0 aromatic carbocycles. The zero-order valence-corrected chi connectivity index (χ0v) is 101. The van der Waals surface area contributed by atoms with Gasteiger partial charge in [0.15, 0.2) is 0 Å². The van der Waals surface area contributed by atoms with E-state index in [9.17, 15) is 0 Å². The second kappa shape index (κ2) is 80.7. The maximum atomic E-state index is 4.46. The fourth-order valence-electron chi connectivity index (χ4n) is 12.8. The van der Waals surface area contributed by atoms with E-state index in [0.717, 1.165) is 156 Å². The molecule has 0 atom stereocenters. The average Bonchev–Trinajstić information content (AvgIpc) is 0.800. The normalized spacial score (nSPS) is 9.10. The van der Waals surface area contributed by atoms with Crippen LogP contribution in [0.5, 0.6) is 0 Å². The van der Waals surface area contributed by atoms with Crippen molar-refractivity contribution >= 4 is 0 Å². The Hall–Kier alpha value is -11.5. The van der Waals surface area contributed by atoms with E-state index in [1.165, 1.54) is 0 Å². The molecule has 0 fully saturated rings. The number of pyridine rings is 20. The molecule has 0 N–H and O–H groups in total. The Balaban J connectivity index is 0.000000860. The van der Waals surface area contributed by atoms with Gasteiger partial charge in [-0.25, -0.2) is 28.8 Å². The van der Waals surface area contributed by atoms with E-state index >= 15 is 0 Å². The Bertz CT molecular complexity index is 5950. The van der Waals surface area contributed by atoms with Gasteiger partial charge >= 0.3 is 0 Å². The van der Waals surface area contributed by atoms with Crippen LogP contribution < -0.4 is 0 Å². The third-order valence-electron chi connectivity index (χ3n) is 18.4. The van der Waals surface area contributed by atoms with E-state index in [4.69, 9.17) is 0 Å². The smallest absolute Gasteiger partial charge is 0.0753 e. The van der Waals surface area contributed by atoms with Crippen LogP contribution in [0.1, 0.15) is 138 Å². The number of rotatable bonds is 15. The fraction of sp³-hybridized carbons (Fsp3) is 0.167. The van der Waals surface area contributed by atoms with Gasteiger partial charge in [-0.1, -0.05) is 281 Å². The zero-order chi connectivity index (χ0) is 101. The molecule has 145 heavy (non-hydrogen) atoms. The molecule has 20 nitrogen and oxygen atoms in total. The van der Waals surface area contributed by atoms with E-state index in [2.05, 4.69) is 161 Å². The first kappa shape index (κ1) is 132. The second-order valence-electron chi connectivity index (χ2n) is 25.7. The fourth-order valence-corrected chi connectivity index (χ4v) is 12.8. The Morgan fingerprint density at radius 2 is 0.455 bits per heavy atom. The van der Waals surface area contributed by atoms with Gasteiger partial charge in [-0.3, -0.25) is 70.9 Å². The summed E-state index contributed by atoms with van der Waals surface area (Å²) in [5.74, 6) is 0. The standard InChI is InChI=1S/5C20H12N4.10C2H6.5Y/c1-7-21-8-2-15(1)17-5-12-24-20(13-17)19-14-23-11-6-18(19)16-3-9-22-10-4-16;1-7-21-8-2-15(1)17-5-11-23-13-19(17)20-14-24-12-6-18(20)16-3-9-22-10-4-16;2*1-2-8-23-19(3-1)20-13-16(6-12-24-20)18-14-22-11-7-17(18)15-4-9-21-10-5-15;1-2-8-24-20(3-1)19-14-23-12-7-17(19)18-13-22-11-6-16(18)15-4-9-21-10-5-15;10*1-2;;;;;/h2*1-12H;1-5,7-13H;1-12H;1-6,8-12,14H;10*1-2H3;;;;;/q5*-2;;;;;;;;;;;;;;;. The van der Waals surface area contributed by atoms with Gasteiger partial charge in [-0.15, -0.1) is 88.2 Å². The van der Waals surface area contributed by atoms with Crippen molar-refractivity contribution in [2.75, 3.05) is 0 Å². The molecule has 0 spiro atoms. The minimum Gasteiger partial charge on any atom is -0.374 e. The summed E-state index contributed by atoms with van der Waals surface area (Å²) in [5, 5.41) is 0. The van der Waals surface area contributed by atoms with Crippen LogP contribution in [0, 0.1) is 61.4 Å². The summed E-state index contributed by atoms with van der Waals surface area (Å²) in [6.45, 7) is 40.0. The van der Waals surface area contributed by atoms with Gasteiger partial charge < -0.3 is 39.9 Å². The van der Waals surface area contributed by atoms with Crippen molar-refractivity contribution < 1.29 is 164 Å². The summed E-state index contributed by atoms with van der Waals surface area (Å²) >= 11 is 0. The largest absolute Gasteiger partial charge is 0.374 e. The molecule has 20 aromatic rings. The molecule has 20 rings (SSSR count).